The first-order valence-electron chi connectivity index (χ1n) is 8.09. The van der Waals surface area contributed by atoms with Crippen LogP contribution in [0, 0.1) is 5.82 Å². The maximum Gasteiger partial charge on any atom is 0.418 e. The van der Waals surface area contributed by atoms with Crippen molar-refractivity contribution < 1.29 is 30.8 Å². The maximum atomic E-state index is 13.2. The Morgan fingerprint density at radius 1 is 1.00 bits per heavy atom. The van der Waals surface area contributed by atoms with Gasteiger partial charge in [-0.2, -0.15) is 24.5 Å². The molecule has 12 heteroatoms. The molecule has 0 aliphatic carbocycles. The number of nitrogens with one attached hydrogen (secondary N) is 2. The number of thiophene rings is 1. The molecule has 0 aliphatic rings. The molecule has 0 atom stereocenters. The molecule has 4 N–H and O–H groups in total. The van der Waals surface area contributed by atoms with Crippen LogP contribution in [0.1, 0.15) is 5.56 Å². The molecule has 1 heterocycles. The van der Waals surface area contributed by atoms with Crippen LogP contribution in [0.15, 0.2) is 58.1 Å². The summed E-state index contributed by atoms with van der Waals surface area (Å²) in [6, 6.07) is 6.17. The number of nitrogens with two attached hydrogens (primary N) is 1. The molecule has 2 aromatic carbocycles. The summed E-state index contributed by atoms with van der Waals surface area (Å²) >= 11 is 1.35. The van der Waals surface area contributed by atoms with E-state index in [1.807, 2.05) is 5.32 Å². The summed E-state index contributed by atoms with van der Waals surface area (Å²) in [7, 11) is -4.10. The van der Waals surface area contributed by atoms with Crippen molar-refractivity contribution in [1.82, 2.24) is 0 Å². The zero-order valence-electron chi connectivity index (χ0n) is 14.8. The van der Waals surface area contributed by atoms with Crippen molar-refractivity contribution in [1.29, 1.82) is 0 Å². The molecule has 0 bridgehead atoms. The van der Waals surface area contributed by atoms with Gasteiger partial charge in [0.25, 0.3) is 0 Å². The van der Waals surface area contributed by atoms with E-state index < -0.39 is 39.3 Å². The fraction of sp³-hybridized carbons (Fsp3) is 0.0556. The third-order valence-corrected chi connectivity index (χ3v) is 5.53. The zero-order valence-corrected chi connectivity index (χ0v) is 16.5. The fourth-order valence-electron chi connectivity index (χ4n) is 2.61. The van der Waals surface area contributed by atoms with E-state index in [9.17, 15) is 30.8 Å². The topological polar surface area (TPSA) is 101 Å². The predicted octanol–water partition coefficient (Wildman–Crippen LogP) is 4.86. The molecule has 2 amide bonds. The number of halogens is 4. The van der Waals surface area contributed by atoms with Crippen molar-refractivity contribution in [3.8, 4) is 11.1 Å². The number of benzene rings is 2. The second kappa shape index (κ2) is 8.05. The lowest BCUT2D eigenvalue weighted by molar-refractivity contribution is -0.137. The second-order valence-electron chi connectivity index (χ2n) is 6.03. The van der Waals surface area contributed by atoms with Crippen LogP contribution in [0.4, 0.5) is 33.7 Å². The third-order valence-electron chi connectivity index (χ3n) is 3.94. The minimum absolute atomic E-state index is 0.00750. The van der Waals surface area contributed by atoms with Crippen LogP contribution in [0.25, 0.3) is 11.1 Å². The standard InChI is InChI=1S/C18H13F4N3O3S2/c19-11-1-4-15(14(7-11)18(20,21)22)24-17(26)25-16-8-12(30(23,27)28)2-3-13(16)10-5-6-29-9-10/h1-9H,(H2,23,27,28)(H2,24,25,26). The van der Waals surface area contributed by atoms with Crippen molar-refractivity contribution in [2.45, 2.75) is 11.1 Å². The van der Waals surface area contributed by atoms with Crippen LogP contribution < -0.4 is 15.8 Å². The van der Waals surface area contributed by atoms with Gasteiger partial charge in [-0.3, -0.25) is 0 Å². The quantitative estimate of drug-likeness (QED) is 0.486. The molecule has 0 fully saturated rings. The van der Waals surface area contributed by atoms with Gasteiger partial charge >= 0.3 is 12.2 Å². The van der Waals surface area contributed by atoms with E-state index in [1.54, 1.807) is 16.8 Å². The number of alkyl halides is 3. The summed E-state index contributed by atoms with van der Waals surface area (Å²) in [6.07, 6.45) is -4.90. The normalized spacial score (nSPS) is 11.9. The van der Waals surface area contributed by atoms with Gasteiger partial charge in [-0.05, 0) is 52.7 Å². The average molecular weight is 459 g/mol. The Hall–Kier alpha value is -2.96. The van der Waals surface area contributed by atoms with Crippen molar-refractivity contribution in [2.75, 3.05) is 10.6 Å². The zero-order chi connectivity index (χ0) is 22.1. The van der Waals surface area contributed by atoms with Crippen LogP contribution in [0.3, 0.4) is 0 Å². The highest BCUT2D eigenvalue weighted by Crippen LogP contribution is 2.36. The molecule has 0 unspecified atom stereocenters. The number of rotatable bonds is 4. The number of sulfonamides is 1. The van der Waals surface area contributed by atoms with Gasteiger partial charge in [0.15, 0.2) is 0 Å². The first-order chi connectivity index (χ1) is 13.9. The Kier molecular flexibility index (Phi) is 5.83. The number of amides is 2. The van der Waals surface area contributed by atoms with Crippen molar-refractivity contribution in [3.63, 3.8) is 0 Å². The molecule has 158 valence electrons. The molecule has 0 saturated carbocycles. The Bertz CT molecular complexity index is 1190. The number of anilines is 2. The Labute approximate surface area is 172 Å². The van der Waals surface area contributed by atoms with Crippen molar-refractivity contribution >= 4 is 38.8 Å². The van der Waals surface area contributed by atoms with E-state index in [0.29, 0.717) is 11.1 Å². The molecular weight excluding hydrogens is 446 g/mol. The summed E-state index contributed by atoms with van der Waals surface area (Å²) in [5.41, 5.74) is -0.953. The Balaban J connectivity index is 1.95. The van der Waals surface area contributed by atoms with Gasteiger partial charge in [0.05, 0.1) is 21.8 Å². The van der Waals surface area contributed by atoms with Gasteiger partial charge in [-0.25, -0.2) is 22.7 Å². The van der Waals surface area contributed by atoms with Gasteiger partial charge in [0, 0.05) is 5.56 Å². The maximum absolute atomic E-state index is 13.2. The van der Waals surface area contributed by atoms with Gasteiger partial charge < -0.3 is 10.6 Å². The largest absolute Gasteiger partial charge is 0.418 e. The third kappa shape index (κ3) is 4.96. The summed E-state index contributed by atoms with van der Waals surface area (Å²) < 4.78 is 75.9. The first kappa shape index (κ1) is 21.7. The van der Waals surface area contributed by atoms with Crippen LogP contribution in [0.5, 0.6) is 0 Å². The van der Waals surface area contributed by atoms with Crippen LogP contribution in [-0.4, -0.2) is 14.4 Å². The van der Waals surface area contributed by atoms with E-state index in [4.69, 9.17) is 5.14 Å². The summed E-state index contributed by atoms with van der Waals surface area (Å²) in [6.45, 7) is 0. The highest BCUT2D eigenvalue weighted by Gasteiger charge is 2.34. The lowest BCUT2D eigenvalue weighted by Gasteiger charge is -2.16. The van der Waals surface area contributed by atoms with Gasteiger partial charge in [0.2, 0.25) is 10.0 Å². The van der Waals surface area contributed by atoms with E-state index in [2.05, 4.69) is 5.32 Å². The summed E-state index contributed by atoms with van der Waals surface area (Å²) in [4.78, 5) is 12.1. The van der Waals surface area contributed by atoms with Crippen molar-refractivity contribution in [3.05, 3.63) is 64.6 Å². The molecule has 1 aromatic heterocycles. The van der Waals surface area contributed by atoms with Crippen LogP contribution in [-0.2, 0) is 16.2 Å². The minimum atomic E-state index is -4.90. The first-order valence-corrected chi connectivity index (χ1v) is 10.6. The van der Waals surface area contributed by atoms with Gasteiger partial charge in [-0.1, -0.05) is 6.07 Å². The highest BCUT2D eigenvalue weighted by atomic mass is 32.2. The van der Waals surface area contributed by atoms with E-state index in [1.165, 1.54) is 23.5 Å². The van der Waals surface area contributed by atoms with E-state index in [-0.39, 0.29) is 16.6 Å². The number of carbonyl (C=O) groups excluding carboxylic acids is 1. The molecular formula is C18H13F4N3O3S2. The number of hydrogen-bond donors (Lipinski definition) is 3. The second-order valence-corrected chi connectivity index (χ2v) is 8.37. The number of carbonyl (C=O) groups is 1. The average Bonchev–Trinajstić information content (AvgIpc) is 3.16. The van der Waals surface area contributed by atoms with Crippen LogP contribution in [0.2, 0.25) is 0 Å². The molecule has 0 spiro atoms. The van der Waals surface area contributed by atoms with Crippen molar-refractivity contribution in [2.24, 2.45) is 5.14 Å². The smallest absolute Gasteiger partial charge is 0.307 e. The molecule has 0 saturated heterocycles. The van der Waals surface area contributed by atoms with Crippen LogP contribution >= 0.6 is 11.3 Å². The number of urea groups is 1. The molecule has 30 heavy (non-hydrogen) atoms. The highest BCUT2D eigenvalue weighted by molar-refractivity contribution is 7.89. The van der Waals surface area contributed by atoms with E-state index in [0.717, 1.165) is 18.2 Å². The Morgan fingerprint density at radius 3 is 2.30 bits per heavy atom. The predicted molar refractivity (Wildman–Crippen MR) is 105 cm³/mol. The number of primary sulfonamides is 1. The van der Waals surface area contributed by atoms with Gasteiger partial charge in [0.1, 0.15) is 5.82 Å². The number of hydrogen-bond acceptors (Lipinski definition) is 4. The SMILES string of the molecule is NS(=O)(=O)c1ccc(-c2ccsc2)c(NC(=O)Nc2ccc(F)cc2C(F)(F)F)c1. The molecule has 3 aromatic rings. The molecule has 6 nitrogen and oxygen atoms in total. The minimum Gasteiger partial charge on any atom is -0.307 e. The Morgan fingerprint density at radius 2 is 1.70 bits per heavy atom. The monoisotopic (exact) mass is 459 g/mol. The fourth-order valence-corrected chi connectivity index (χ4v) is 3.80. The lowest BCUT2D eigenvalue weighted by atomic mass is 10.1. The van der Waals surface area contributed by atoms with Gasteiger partial charge in [-0.15, -0.1) is 0 Å². The summed E-state index contributed by atoms with van der Waals surface area (Å²) in [5.74, 6) is -1.12. The molecule has 3 rings (SSSR count). The van der Waals surface area contributed by atoms with E-state index >= 15 is 0 Å². The summed E-state index contributed by atoms with van der Waals surface area (Å²) in [5, 5.41) is 12.9. The molecule has 0 radical (unpaired) electrons. The lowest BCUT2D eigenvalue weighted by Crippen LogP contribution is -2.22. The molecule has 0 aliphatic heterocycles.